The summed E-state index contributed by atoms with van der Waals surface area (Å²) in [6.07, 6.45) is 1.90. The van der Waals surface area contributed by atoms with Crippen molar-refractivity contribution < 1.29 is 13.9 Å². The number of halogens is 1. The molecule has 2 rings (SSSR count). The Labute approximate surface area is 117 Å². The Morgan fingerprint density at radius 1 is 1.40 bits per heavy atom. The number of anilines is 1. The average Bonchev–Trinajstić information content (AvgIpc) is 2.72. The third-order valence-electron chi connectivity index (χ3n) is 3.34. The van der Waals surface area contributed by atoms with Gasteiger partial charge in [-0.05, 0) is 6.42 Å². The SMILES string of the molecule is CCCC(COC)n1c(N)nc2cc(F)c(OC)cc21. The maximum Gasteiger partial charge on any atom is 0.201 e. The minimum absolute atomic E-state index is 0.0742. The zero-order chi connectivity index (χ0) is 14.7. The zero-order valence-electron chi connectivity index (χ0n) is 12.0. The Bertz CT molecular complexity index is 592. The van der Waals surface area contributed by atoms with E-state index >= 15 is 0 Å². The fourth-order valence-corrected chi connectivity index (χ4v) is 2.47. The minimum atomic E-state index is -0.441. The summed E-state index contributed by atoms with van der Waals surface area (Å²) in [6.45, 7) is 2.63. The van der Waals surface area contributed by atoms with Crippen molar-refractivity contribution >= 4 is 17.0 Å². The maximum atomic E-state index is 13.7. The van der Waals surface area contributed by atoms with Gasteiger partial charge in [0.2, 0.25) is 5.95 Å². The highest BCUT2D eigenvalue weighted by Gasteiger charge is 2.19. The average molecular weight is 281 g/mol. The molecule has 0 aliphatic carbocycles. The highest BCUT2D eigenvalue weighted by atomic mass is 19.1. The van der Waals surface area contributed by atoms with Gasteiger partial charge in [0.15, 0.2) is 11.6 Å². The molecule has 6 heteroatoms. The first-order chi connectivity index (χ1) is 9.62. The largest absolute Gasteiger partial charge is 0.494 e. The number of nitrogen functional groups attached to an aromatic ring is 1. The van der Waals surface area contributed by atoms with Crippen LogP contribution in [0.15, 0.2) is 12.1 Å². The van der Waals surface area contributed by atoms with Crippen LogP contribution in [0.4, 0.5) is 10.3 Å². The van der Waals surface area contributed by atoms with Crippen LogP contribution in [0.5, 0.6) is 5.75 Å². The summed E-state index contributed by atoms with van der Waals surface area (Å²) in [6, 6.07) is 3.05. The molecule has 1 heterocycles. The van der Waals surface area contributed by atoms with Crippen molar-refractivity contribution in [1.29, 1.82) is 0 Å². The molecule has 1 aromatic carbocycles. The van der Waals surface area contributed by atoms with Crippen LogP contribution in [-0.2, 0) is 4.74 Å². The standard InChI is InChI=1S/C14H20FN3O2/c1-4-5-9(8-19-2)18-12-7-13(20-3)10(15)6-11(12)17-14(18)16/h6-7,9H,4-5,8H2,1-3H3,(H2,16,17). The summed E-state index contributed by atoms with van der Waals surface area (Å²) in [5, 5.41) is 0. The number of aromatic nitrogens is 2. The number of nitrogens with two attached hydrogens (primary N) is 1. The molecule has 0 spiro atoms. The number of nitrogens with zero attached hydrogens (tertiary/aromatic N) is 2. The van der Waals surface area contributed by atoms with Crippen molar-refractivity contribution in [3.05, 3.63) is 17.9 Å². The number of hydrogen-bond acceptors (Lipinski definition) is 4. The van der Waals surface area contributed by atoms with Crippen molar-refractivity contribution in [2.24, 2.45) is 0 Å². The maximum absolute atomic E-state index is 13.7. The summed E-state index contributed by atoms with van der Waals surface area (Å²) in [7, 11) is 3.09. The molecule has 1 atom stereocenters. The number of rotatable bonds is 6. The highest BCUT2D eigenvalue weighted by Crippen LogP contribution is 2.30. The molecular formula is C14H20FN3O2. The molecule has 1 unspecified atom stereocenters. The second-order valence-corrected chi connectivity index (χ2v) is 4.71. The van der Waals surface area contributed by atoms with Crippen molar-refractivity contribution in [2.45, 2.75) is 25.8 Å². The first-order valence-electron chi connectivity index (χ1n) is 6.62. The molecular weight excluding hydrogens is 261 g/mol. The Balaban J connectivity index is 2.58. The zero-order valence-corrected chi connectivity index (χ0v) is 12.0. The molecule has 20 heavy (non-hydrogen) atoms. The van der Waals surface area contributed by atoms with E-state index in [2.05, 4.69) is 11.9 Å². The lowest BCUT2D eigenvalue weighted by Gasteiger charge is -2.19. The minimum Gasteiger partial charge on any atom is -0.494 e. The van der Waals surface area contributed by atoms with Crippen molar-refractivity contribution in [2.75, 3.05) is 26.6 Å². The summed E-state index contributed by atoms with van der Waals surface area (Å²) in [5.41, 5.74) is 7.28. The van der Waals surface area contributed by atoms with E-state index in [9.17, 15) is 4.39 Å². The van der Waals surface area contributed by atoms with Crippen molar-refractivity contribution in [3.8, 4) is 5.75 Å². The molecule has 0 aliphatic heterocycles. The molecule has 0 radical (unpaired) electrons. The van der Waals surface area contributed by atoms with Crippen LogP contribution in [0.25, 0.3) is 11.0 Å². The number of ether oxygens (including phenoxy) is 2. The van der Waals surface area contributed by atoms with Crippen LogP contribution in [0.2, 0.25) is 0 Å². The van der Waals surface area contributed by atoms with E-state index in [4.69, 9.17) is 15.2 Å². The fraction of sp³-hybridized carbons (Fsp3) is 0.500. The predicted molar refractivity (Wildman–Crippen MR) is 76.5 cm³/mol. The van der Waals surface area contributed by atoms with Crippen LogP contribution >= 0.6 is 0 Å². The number of hydrogen-bond donors (Lipinski definition) is 1. The number of methoxy groups -OCH3 is 2. The Morgan fingerprint density at radius 2 is 2.15 bits per heavy atom. The molecule has 0 aliphatic rings. The molecule has 0 fully saturated rings. The van der Waals surface area contributed by atoms with E-state index in [1.807, 2.05) is 4.57 Å². The normalized spacial score (nSPS) is 12.8. The molecule has 2 aromatic rings. The van der Waals surface area contributed by atoms with E-state index in [1.54, 1.807) is 13.2 Å². The first-order valence-corrected chi connectivity index (χ1v) is 6.62. The predicted octanol–water partition coefficient (Wildman–Crippen LogP) is 2.75. The molecule has 1 aromatic heterocycles. The smallest absolute Gasteiger partial charge is 0.201 e. The highest BCUT2D eigenvalue weighted by molar-refractivity contribution is 5.80. The molecule has 0 bridgehead atoms. The molecule has 5 nitrogen and oxygen atoms in total. The van der Waals surface area contributed by atoms with Crippen LogP contribution in [0, 0.1) is 5.82 Å². The summed E-state index contributed by atoms with van der Waals surface area (Å²) in [5.74, 6) is 0.109. The summed E-state index contributed by atoms with van der Waals surface area (Å²) in [4.78, 5) is 4.22. The fourth-order valence-electron chi connectivity index (χ4n) is 2.47. The molecule has 110 valence electrons. The van der Waals surface area contributed by atoms with Crippen LogP contribution < -0.4 is 10.5 Å². The topological polar surface area (TPSA) is 62.3 Å². The number of fused-ring (bicyclic) bond motifs is 1. The van der Waals surface area contributed by atoms with Crippen LogP contribution in [0.1, 0.15) is 25.8 Å². The van der Waals surface area contributed by atoms with Gasteiger partial charge in [-0.1, -0.05) is 13.3 Å². The molecule has 0 amide bonds. The quantitative estimate of drug-likeness (QED) is 0.884. The molecule has 0 saturated heterocycles. The second-order valence-electron chi connectivity index (χ2n) is 4.71. The Morgan fingerprint density at radius 3 is 2.75 bits per heavy atom. The van der Waals surface area contributed by atoms with Gasteiger partial charge in [0.25, 0.3) is 0 Å². The van der Waals surface area contributed by atoms with E-state index in [-0.39, 0.29) is 11.8 Å². The third-order valence-corrected chi connectivity index (χ3v) is 3.34. The van der Waals surface area contributed by atoms with Gasteiger partial charge in [-0.3, -0.25) is 0 Å². The molecule has 0 saturated carbocycles. The van der Waals surface area contributed by atoms with Crippen molar-refractivity contribution in [1.82, 2.24) is 9.55 Å². The van der Waals surface area contributed by atoms with Gasteiger partial charge >= 0.3 is 0 Å². The van der Waals surface area contributed by atoms with Gasteiger partial charge in [0, 0.05) is 19.2 Å². The van der Waals surface area contributed by atoms with E-state index in [0.717, 1.165) is 18.4 Å². The van der Waals surface area contributed by atoms with Gasteiger partial charge < -0.3 is 19.8 Å². The van der Waals surface area contributed by atoms with Gasteiger partial charge in [-0.15, -0.1) is 0 Å². The summed E-state index contributed by atoms with van der Waals surface area (Å²) < 4.78 is 25.9. The molecule has 2 N–H and O–H groups in total. The van der Waals surface area contributed by atoms with Gasteiger partial charge in [0.05, 0.1) is 30.8 Å². The van der Waals surface area contributed by atoms with E-state index in [0.29, 0.717) is 18.1 Å². The van der Waals surface area contributed by atoms with Crippen LogP contribution in [-0.4, -0.2) is 30.4 Å². The number of benzene rings is 1. The van der Waals surface area contributed by atoms with Crippen molar-refractivity contribution in [3.63, 3.8) is 0 Å². The lowest BCUT2D eigenvalue weighted by atomic mass is 10.1. The second kappa shape index (κ2) is 6.09. The van der Waals surface area contributed by atoms with Crippen LogP contribution in [0.3, 0.4) is 0 Å². The first kappa shape index (κ1) is 14.6. The van der Waals surface area contributed by atoms with E-state index < -0.39 is 5.82 Å². The summed E-state index contributed by atoms with van der Waals surface area (Å²) >= 11 is 0. The number of imidazole rings is 1. The monoisotopic (exact) mass is 281 g/mol. The Kier molecular flexibility index (Phi) is 4.44. The van der Waals surface area contributed by atoms with Gasteiger partial charge in [-0.2, -0.15) is 0 Å². The Hall–Kier alpha value is -1.82. The third kappa shape index (κ3) is 2.56. The lowest BCUT2D eigenvalue weighted by Crippen LogP contribution is -2.16. The van der Waals surface area contributed by atoms with E-state index in [1.165, 1.54) is 13.2 Å². The van der Waals surface area contributed by atoms with Gasteiger partial charge in [0.1, 0.15) is 0 Å². The lowest BCUT2D eigenvalue weighted by molar-refractivity contribution is 0.153. The van der Waals surface area contributed by atoms with Gasteiger partial charge in [-0.25, -0.2) is 9.37 Å².